The lowest BCUT2D eigenvalue weighted by atomic mass is 9.96. The van der Waals surface area contributed by atoms with Crippen molar-refractivity contribution in [2.75, 3.05) is 13.7 Å². The molecule has 1 aromatic rings. The van der Waals surface area contributed by atoms with Crippen LogP contribution >= 0.6 is 0 Å². The molecule has 0 heterocycles. The zero-order valence-electron chi connectivity index (χ0n) is 13.8. The fourth-order valence-corrected chi connectivity index (χ4v) is 2.73. The lowest BCUT2D eigenvalue weighted by molar-refractivity contribution is 0.0432. The molecule has 0 bridgehead atoms. The van der Waals surface area contributed by atoms with Crippen LogP contribution < -0.4 is 5.32 Å². The van der Waals surface area contributed by atoms with E-state index in [0.717, 1.165) is 0 Å². The summed E-state index contributed by atoms with van der Waals surface area (Å²) in [5.74, 6) is -1.14. The molecule has 0 spiro atoms. The number of carbonyl (C=O) groups is 2. The van der Waals surface area contributed by atoms with Crippen LogP contribution in [0.4, 0.5) is 9.18 Å². The molecule has 0 saturated heterocycles. The Labute approximate surface area is 135 Å². The zero-order chi connectivity index (χ0) is 17.2. The van der Waals surface area contributed by atoms with Gasteiger partial charge in [-0.3, -0.25) is 4.79 Å². The summed E-state index contributed by atoms with van der Waals surface area (Å²) < 4.78 is 24.2. The minimum absolute atomic E-state index is 0.144. The average molecular weight is 323 g/mol. The third-order valence-electron chi connectivity index (χ3n) is 3.68. The van der Waals surface area contributed by atoms with Gasteiger partial charge in [0.05, 0.1) is 12.6 Å². The summed E-state index contributed by atoms with van der Waals surface area (Å²) in [7, 11) is 1.48. The molecule has 1 aliphatic carbocycles. The molecule has 1 aliphatic rings. The Morgan fingerprint density at radius 3 is 2.70 bits per heavy atom. The van der Waals surface area contributed by atoms with Gasteiger partial charge in [0.1, 0.15) is 11.4 Å². The van der Waals surface area contributed by atoms with Crippen LogP contribution in [0.5, 0.6) is 0 Å². The third-order valence-corrected chi connectivity index (χ3v) is 3.68. The molecule has 2 atom stereocenters. The van der Waals surface area contributed by atoms with Gasteiger partial charge in [-0.1, -0.05) is 12.1 Å². The Hall–Kier alpha value is -1.95. The summed E-state index contributed by atoms with van der Waals surface area (Å²) in [6, 6.07) is 3.88. The number of benzene rings is 1. The van der Waals surface area contributed by atoms with E-state index >= 15 is 0 Å². The standard InChI is InChI=1S/C17H22FNO4/c1-17(2,3)23-16(21)19-14(9-22-4)12-8-11-10(15(12)20)6-5-7-13(11)18/h5-7,12,14H,8-9H2,1-4H3,(H,19,21). The van der Waals surface area contributed by atoms with Crippen LogP contribution in [0.1, 0.15) is 36.7 Å². The first kappa shape index (κ1) is 17.4. The third kappa shape index (κ3) is 4.07. The van der Waals surface area contributed by atoms with Crippen LogP contribution in [0.25, 0.3) is 0 Å². The number of hydrogen-bond acceptors (Lipinski definition) is 4. The molecule has 2 unspecified atom stereocenters. The summed E-state index contributed by atoms with van der Waals surface area (Å²) in [6.07, 6.45) is -0.381. The molecule has 23 heavy (non-hydrogen) atoms. The Bertz CT molecular complexity index is 609. The molecule has 0 radical (unpaired) electrons. The van der Waals surface area contributed by atoms with Crippen molar-refractivity contribution in [3.8, 4) is 0 Å². The molecule has 2 rings (SSSR count). The first-order chi connectivity index (χ1) is 10.7. The molecule has 0 saturated carbocycles. The van der Waals surface area contributed by atoms with E-state index in [4.69, 9.17) is 9.47 Å². The van der Waals surface area contributed by atoms with Gasteiger partial charge in [0.2, 0.25) is 0 Å². The van der Waals surface area contributed by atoms with E-state index in [1.165, 1.54) is 19.2 Å². The second-order valence-electron chi connectivity index (χ2n) is 6.65. The summed E-state index contributed by atoms with van der Waals surface area (Å²) in [6.45, 7) is 5.41. The molecule has 5 nitrogen and oxygen atoms in total. The van der Waals surface area contributed by atoms with Gasteiger partial charge in [-0.25, -0.2) is 9.18 Å². The van der Waals surface area contributed by atoms with E-state index in [0.29, 0.717) is 11.1 Å². The van der Waals surface area contributed by atoms with Gasteiger partial charge in [0.15, 0.2) is 5.78 Å². The SMILES string of the molecule is COCC(NC(=O)OC(C)(C)C)C1Cc2c(F)cccc2C1=O. The lowest BCUT2D eigenvalue weighted by Crippen LogP contribution is -2.47. The molecule has 0 aromatic heterocycles. The number of halogens is 1. The molecule has 6 heteroatoms. The number of hydrogen-bond donors (Lipinski definition) is 1. The lowest BCUT2D eigenvalue weighted by Gasteiger charge is -2.26. The summed E-state index contributed by atoms with van der Waals surface area (Å²) in [5, 5.41) is 2.67. The Balaban J connectivity index is 2.15. The number of methoxy groups -OCH3 is 1. The highest BCUT2D eigenvalue weighted by molar-refractivity contribution is 6.02. The van der Waals surface area contributed by atoms with Gasteiger partial charge in [-0.15, -0.1) is 0 Å². The highest BCUT2D eigenvalue weighted by Gasteiger charge is 2.38. The highest BCUT2D eigenvalue weighted by atomic mass is 19.1. The van der Waals surface area contributed by atoms with Gasteiger partial charge in [0, 0.05) is 18.6 Å². The number of ketones is 1. The molecule has 1 N–H and O–H groups in total. The number of alkyl carbamates (subject to hydrolysis) is 1. The van der Waals surface area contributed by atoms with Crippen LogP contribution in [0.3, 0.4) is 0 Å². The number of rotatable bonds is 4. The minimum atomic E-state index is -0.642. The van der Waals surface area contributed by atoms with Crippen molar-refractivity contribution in [1.29, 1.82) is 0 Å². The van der Waals surface area contributed by atoms with Gasteiger partial charge in [0.25, 0.3) is 0 Å². The molecule has 0 aliphatic heterocycles. The van der Waals surface area contributed by atoms with E-state index in [1.807, 2.05) is 0 Å². The average Bonchev–Trinajstić information content (AvgIpc) is 2.75. The smallest absolute Gasteiger partial charge is 0.407 e. The van der Waals surface area contributed by atoms with E-state index in [9.17, 15) is 14.0 Å². The van der Waals surface area contributed by atoms with Gasteiger partial charge < -0.3 is 14.8 Å². The second-order valence-corrected chi connectivity index (χ2v) is 6.65. The molecule has 1 amide bonds. The van der Waals surface area contributed by atoms with Crippen molar-refractivity contribution in [2.24, 2.45) is 5.92 Å². The highest BCUT2D eigenvalue weighted by Crippen LogP contribution is 2.31. The maximum atomic E-state index is 13.9. The van der Waals surface area contributed by atoms with Crippen LogP contribution in [-0.4, -0.2) is 37.2 Å². The summed E-state index contributed by atoms with van der Waals surface area (Å²) in [5.41, 5.74) is 0.132. The number of nitrogens with one attached hydrogen (secondary N) is 1. The van der Waals surface area contributed by atoms with Crippen LogP contribution in [0.15, 0.2) is 18.2 Å². The predicted molar refractivity (Wildman–Crippen MR) is 83.0 cm³/mol. The maximum Gasteiger partial charge on any atom is 0.407 e. The number of carbonyl (C=O) groups excluding carboxylic acids is 2. The fraction of sp³-hybridized carbons (Fsp3) is 0.529. The van der Waals surface area contributed by atoms with Crippen LogP contribution in [0.2, 0.25) is 0 Å². The monoisotopic (exact) mass is 323 g/mol. The van der Waals surface area contributed by atoms with E-state index in [-0.39, 0.29) is 18.8 Å². The fourth-order valence-electron chi connectivity index (χ4n) is 2.73. The Kier molecular flexibility index (Phi) is 5.04. The summed E-state index contributed by atoms with van der Waals surface area (Å²) >= 11 is 0. The van der Waals surface area contributed by atoms with Crippen molar-refractivity contribution < 1.29 is 23.5 Å². The van der Waals surface area contributed by atoms with Crippen LogP contribution in [0, 0.1) is 11.7 Å². The predicted octanol–water partition coefficient (Wildman–Crippen LogP) is 2.72. The van der Waals surface area contributed by atoms with Crippen molar-refractivity contribution in [3.63, 3.8) is 0 Å². The molecule has 1 aromatic carbocycles. The first-order valence-electron chi connectivity index (χ1n) is 7.53. The zero-order valence-corrected chi connectivity index (χ0v) is 13.8. The van der Waals surface area contributed by atoms with Crippen molar-refractivity contribution in [3.05, 3.63) is 35.1 Å². The minimum Gasteiger partial charge on any atom is -0.444 e. The van der Waals surface area contributed by atoms with Gasteiger partial charge in [-0.2, -0.15) is 0 Å². The van der Waals surface area contributed by atoms with E-state index in [1.54, 1.807) is 26.8 Å². The topological polar surface area (TPSA) is 64.6 Å². The molecule has 126 valence electrons. The van der Waals surface area contributed by atoms with Crippen molar-refractivity contribution in [1.82, 2.24) is 5.32 Å². The first-order valence-corrected chi connectivity index (χ1v) is 7.53. The second kappa shape index (κ2) is 6.66. The van der Waals surface area contributed by atoms with Gasteiger partial charge in [-0.05, 0) is 38.8 Å². The van der Waals surface area contributed by atoms with Crippen molar-refractivity contribution >= 4 is 11.9 Å². The quantitative estimate of drug-likeness (QED) is 0.925. The number of fused-ring (bicyclic) bond motifs is 1. The molecular formula is C17H22FNO4. The number of amides is 1. The number of ether oxygens (including phenoxy) is 2. The number of Topliss-reactive ketones (excluding diaryl/α,β-unsaturated/α-hetero) is 1. The van der Waals surface area contributed by atoms with Crippen molar-refractivity contribution in [2.45, 2.75) is 38.8 Å². The molecule has 0 fully saturated rings. The molecular weight excluding hydrogens is 301 g/mol. The van der Waals surface area contributed by atoms with E-state index in [2.05, 4.69) is 5.32 Å². The van der Waals surface area contributed by atoms with Crippen LogP contribution in [-0.2, 0) is 15.9 Å². The summed E-state index contributed by atoms with van der Waals surface area (Å²) in [4.78, 5) is 24.5. The Morgan fingerprint density at radius 2 is 2.13 bits per heavy atom. The van der Waals surface area contributed by atoms with Gasteiger partial charge >= 0.3 is 6.09 Å². The maximum absolute atomic E-state index is 13.9. The normalized spacial score (nSPS) is 18.5. The Morgan fingerprint density at radius 1 is 1.43 bits per heavy atom. The van der Waals surface area contributed by atoms with E-state index < -0.39 is 29.5 Å². The largest absolute Gasteiger partial charge is 0.444 e.